The van der Waals surface area contributed by atoms with Crippen LogP contribution in [0.4, 0.5) is 0 Å². The van der Waals surface area contributed by atoms with Gasteiger partial charge < -0.3 is 0 Å². The van der Waals surface area contributed by atoms with E-state index in [0.717, 1.165) is 0 Å². The van der Waals surface area contributed by atoms with E-state index >= 15 is 0 Å². The summed E-state index contributed by atoms with van der Waals surface area (Å²) in [5.41, 5.74) is 0. The van der Waals surface area contributed by atoms with Gasteiger partial charge in [-0.15, -0.1) is 11.6 Å². The highest BCUT2D eigenvalue weighted by molar-refractivity contribution is 7.74. The third kappa shape index (κ3) is 4.84. The van der Waals surface area contributed by atoms with Crippen molar-refractivity contribution in [3.05, 3.63) is 0 Å². The molecule has 0 spiro atoms. The lowest BCUT2D eigenvalue weighted by atomic mass is 10.3. The summed E-state index contributed by atoms with van der Waals surface area (Å²) < 4.78 is 22.6. The Morgan fingerprint density at radius 1 is 1.89 bits per heavy atom. The maximum Gasteiger partial charge on any atom is 0.302 e. The second-order valence-corrected chi connectivity index (χ2v) is 2.43. The molecule has 0 saturated carbocycles. The Labute approximate surface area is 61.8 Å². The van der Waals surface area contributed by atoms with Crippen LogP contribution in [0.25, 0.3) is 0 Å². The largest absolute Gasteiger partial charge is 0.302 e. The molecule has 0 aliphatic heterocycles. The van der Waals surface area contributed by atoms with Crippen LogP contribution in [0.2, 0.25) is 0 Å². The van der Waals surface area contributed by atoms with Crippen molar-refractivity contribution in [2.75, 3.05) is 5.88 Å². The predicted molar refractivity (Wildman–Crippen MR) is 36.7 cm³/mol. The molecule has 0 aromatic rings. The molecule has 3 nitrogen and oxygen atoms in total. The second kappa shape index (κ2) is 5.17. The first-order valence-corrected chi connectivity index (χ1v) is 4.11. The molecule has 0 aromatic carbocycles. The zero-order valence-corrected chi connectivity index (χ0v) is 6.61. The smallest absolute Gasteiger partial charge is 0.284 e. The molecule has 0 aliphatic carbocycles. The molecule has 56 valence electrons. The van der Waals surface area contributed by atoms with E-state index < -0.39 is 11.4 Å². The normalized spacial score (nSPS) is 17.2. The molecule has 0 radical (unpaired) electrons. The average Bonchev–Trinajstić information content (AvgIpc) is 1.82. The first-order valence-electron chi connectivity index (χ1n) is 2.54. The molecule has 9 heavy (non-hydrogen) atoms. The van der Waals surface area contributed by atoms with E-state index in [-0.39, 0.29) is 12.0 Å². The minimum atomic E-state index is -2.18. The van der Waals surface area contributed by atoms with E-state index in [4.69, 9.17) is 16.2 Å². The molecular weight excluding hydrogens is 164 g/mol. The quantitative estimate of drug-likeness (QED) is 0.511. The van der Waals surface area contributed by atoms with E-state index in [9.17, 15) is 4.21 Å². The van der Waals surface area contributed by atoms with Crippen molar-refractivity contribution in [2.24, 2.45) is 0 Å². The van der Waals surface area contributed by atoms with Crippen molar-refractivity contribution in [2.45, 2.75) is 19.4 Å². The Morgan fingerprint density at radius 2 is 2.44 bits per heavy atom. The van der Waals surface area contributed by atoms with Gasteiger partial charge in [-0.25, -0.2) is 0 Å². The van der Waals surface area contributed by atoms with Gasteiger partial charge in [-0.2, -0.15) is 4.21 Å². The summed E-state index contributed by atoms with van der Waals surface area (Å²) in [6, 6.07) is 0. The summed E-state index contributed by atoms with van der Waals surface area (Å²) in [7, 11) is 0. The SMILES string of the molecule is CCC(CCl)OS(=O)O. The van der Waals surface area contributed by atoms with Gasteiger partial charge in [0.25, 0.3) is 0 Å². The van der Waals surface area contributed by atoms with Gasteiger partial charge in [-0.1, -0.05) is 6.92 Å². The molecule has 0 bridgehead atoms. The topological polar surface area (TPSA) is 46.5 Å². The summed E-state index contributed by atoms with van der Waals surface area (Å²) in [6.07, 6.45) is 0.341. The molecule has 0 aromatic heterocycles. The van der Waals surface area contributed by atoms with Crippen LogP contribution in [0.3, 0.4) is 0 Å². The van der Waals surface area contributed by atoms with Crippen molar-refractivity contribution in [1.82, 2.24) is 0 Å². The van der Waals surface area contributed by atoms with Crippen LogP contribution in [0.5, 0.6) is 0 Å². The third-order valence-electron chi connectivity index (χ3n) is 0.846. The van der Waals surface area contributed by atoms with Gasteiger partial charge >= 0.3 is 11.4 Å². The zero-order valence-electron chi connectivity index (χ0n) is 5.04. The van der Waals surface area contributed by atoms with E-state index in [2.05, 4.69) is 4.18 Å². The minimum absolute atomic E-state index is 0.253. The van der Waals surface area contributed by atoms with Gasteiger partial charge in [0.15, 0.2) is 0 Å². The lowest BCUT2D eigenvalue weighted by molar-refractivity contribution is 0.221. The summed E-state index contributed by atoms with van der Waals surface area (Å²) in [6.45, 7) is 1.83. The molecule has 2 unspecified atom stereocenters. The number of halogens is 1. The monoisotopic (exact) mass is 172 g/mol. The van der Waals surface area contributed by atoms with Gasteiger partial charge in [0.1, 0.15) is 0 Å². The molecule has 0 saturated heterocycles. The summed E-state index contributed by atoms with van der Waals surface area (Å²) in [5, 5.41) is 0. The highest BCUT2D eigenvalue weighted by atomic mass is 35.5. The fourth-order valence-corrected chi connectivity index (χ4v) is 1.11. The van der Waals surface area contributed by atoms with Crippen molar-refractivity contribution < 1.29 is 12.9 Å². The van der Waals surface area contributed by atoms with Crippen LogP contribution in [-0.2, 0) is 15.5 Å². The molecule has 2 atom stereocenters. The fourth-order valence-electron chi connectivity index (χ4n) is 0.319. The van der Waals surface area contributed by atoms with E-state index in [1.165, 1.54) is 0 Å². The molecule has 0 heterocycles. The van der Waals surface area contributed by atoms with Crippen LogP contribution in [0.1, 0.15) is 13.3 Å². The van der Waals surface area contributed by atoms with Crippen molar-refractivity contribution in [3.8, 4) is 0 Å². The number of hydrogen-bond donors (Lipinski definition) is 1. The van der Waals surface area contributed by atoms with Gasteiger partial charge in [0, 0.05) is 0 Å². The fraction of sp³-hybridized carbons (Fsp3) is 1.00. The van der Waals surface area contributed by atoms with Crippen LogP contribution < -0.4 is 0 Å². The third-order valence-corrected chi connectivity index (χ3v) is 1.63. The van der Waals surface area contributed by atoms with Crippen LogP contribution in [0.15, 0.2) is 0 Å². The first-order chi connectivity index (χ1) is 4.20. The van der Waals surface area contributed by atoms with Crippen molar-refractivity contribution in [1.29, 1.82) is 0 Å². The number of hydrogen-bond acceptors (Lipinski definition) is 2. The Morgan fingerprint density at radius 3 is 2.56 bits per heavy atom. The zero-order chi connectivity index (χ0) is 7.28. The molecule has 0 amide bonds. The Bertz CT molecular complexity index is 93.8. The second-order valence-electron chi connectivity index (χ2n) is 1.50. The lowest BCUT2D eigenvalue weighted by Gasteiger charge is -2.06. The van der Waals surface area contributed by atoms with Crippen molar-refractivity contribution >= 4 is 23.0 Å². The van der Waals surface area contributed by atoms with Gasteiger partial charge in [-0.3, -0.25) is 8.74 Å². The predicted octanol–water partition coefficient (Wildman–Crippen LogP) is 1.16. The minimum Gasteiger partial charge on any atom is -0.284 e. The molecule has 5 heteroatoms. The van der Waals surface area contributed by atoms with Crippen LogP contribution in [0, 0.1) is 0 Å². The first kappa shape index (κ1) is 9.36. The van der Waals surface area contributed by atoms with Crippen LogP contribution in [-0.4, -0.2) is 20.7 Å². The van der Waals surface area contributed by atoms with E-state index in [1.807, 2.05) is 6.92 Å². The molecule has 0 fully saturated rings. The lowest BCUT2D eigenvalue weighted by Crippen LogP contribution is -2.14. The highest BCUT2D eigenvalue weighted by Crippen LogP contribution is 2.00. The van der Waals surface area contributed by atoms with Crippen molar-refractivity contribution in [3.63, 3.8) is 0 Å². The number of rotatable bonds is 4. The standard InChI is InChI=1S/C4H9ClO3S/c1-2-4(3-5)8-9(6)7/h4H,2-3H2,1H3,(H,6,7). The van der Waals surface area contributed by atoms with Gasteiger partial charge in [0.05, 0.1) is 12.0 Å². The maximum absolute atomic E-state index is 9.96. The maximum atomic E-state index is 9.96. The number of alkyl halides is 1. The summed E-state index contributed by atoms with van der Waals surface area (Å²) >= 11 is 3.16. The Hall–Kier alpha value is 0.360. The molecular formula is C4H9ClO3S. The van der Waals surface area contributed by atoms with Crippen LogP contribution >= 0.6 is 11.6 Å². The Balaban J connectivity index is 3.43. The summed E-state index contributed by atoms with van der Waals surface area (Å²) in [4.78, 5) is 0. The Kier molecular flexibility index (Phi) is 5.38. The molecule has 1 N–H and O–H groups in total. The van der Waals surface area contributed by atoms with Gasteiger partial charge in [-0.05, 0) is 6.42 Å². The molecule has 0 aliphatic rings. The highest BCUT2D eigenvalue weighted by Gasteiger charge is 2.06. The molecule has 0 rings (SSSR count). The van der Waals surface area contributed by atoms with Gasteiger partial charge in [0.2, 0.25) is 0 Å². The van der Waals surface area contributed by atoms with E-state index in [0.29, 0.717) is 6.42 Å². The van der Waals surface area contributed by atoms with E-state index in [1.54, 1.807) is 0 Å². The average molecular weight is 173 g/mol. The summed E-state index contributed by atoms with van der Waals surface area (Å²) in [5.74, 6) is 0.253.